The number of likely N-dealkylation sites (tertiary alicyclic amines) is 1. The predicted octanol–water partition coefficient (Wildman–Crippen LogP) is 3.64. The van der Waals surface area contributed by atoms with Gasteiger partial charge in [-0.15, -0.1) is 0 Å². The standard InChI is InChI=1S/C23H28N2O2/c26-23(16-19-7-3-1-4-8-19)25-13-14-27-22-10-9-20(15-21(22)18-25)17-24-11-5-2-6-12-24/h1,3-4,7-10,15H,2,5-6,11-14,16-18H2. The summed E-state index contributed by atoms with van der Waals surface area (Å²) in [5, 5.41) is 0. The average molecular weight is 364 g/mol. The molecule has 2 aliphatic heterocycles. The maximum absolute atomic E-state index is 12.8. The van der Waals surface area contributed by atoms with Crippen molar-refractivity contribution in [2.75, 3.05) is 26.2 Å². The van der Waals surface area contributed by atoms with E-state index in [9.17, 15) is 4.79 Å². The summed E-state index contributed by atoms with van der Waals surface area (Å²) in [7, 11) is 0. The number of carbonyl (C=O) groups excluding carboxylic acids is 1. The first-order valence-electron chi connectivity index (χ1n) is 10.1. The summed E-state index contributed by atoms with van der Waals surface area (Å²) in [6, 6.07) is 16.5. The molecule has 4 rings (SSSR count). The fourth-order valence-corrected chi connectivity index (χ4v) is 4.02. The van der Waals surface area contributed by atoms with Crippen LogP contribution in [-0.2, 0) is 24.3 Å². The number of piperidine rings is 1. The van der Waals surface area contributed by atoms with Gasteiger partial charge in [-0.05, 0) is 49.2 Å². The van der Waals surface area contributed by atoms with Crippen LogP contribution in [0.1, 0.15) is 36.0 Å². The second-order valence-electron chi connectivity index (χ2n) is 7.61. The molecule has 2 aromatic carbocycles. The maximum atomic E-state index is 12.8. The second-order valence-corrected chi connectivity index (χ2v) is 7.61. The molecule has 142 valence electrons. The highest BCUT2D eigenvalue weighted by Gasteiger charge is 2.21. The highest BCUT2D eigenvalue weighted by molar-refractivity contribution is 5.79. The van der Waals surface area contributed by atoms with Crippen LogP contribution in [0.3, 0.4) is 0 Å². The molecule has 27 heavy (non-hydrogen) atoms. The molecule has 2 aliphatic rings. The topological polar surface area (TPSA) is 32.8 Å². The van der Waals surface area contributed by atoms with Gasteiger partial charge in [0.25, 0.3) is 0 Å². The van der Waals surface area contributed by atoms with Gasteiger partial charge in [0, 0.05) is 18.7 Å². The predicted molar refractivity (Wildman–Crippen MR) is 107 cm³/mol. The van der Waals surface area contributed by atoms with Gasteiger partial charge in [-0.25, -0.2) is 0 Å². The summed E-state index contributed by atoms with van der Waals surface area (Å²) in [6.45, 7) is 5.20. The van der Waals surface area contributed by atoms with Crippen LogP contribution in [0.25, 0.3) is 0 Å². The van der Waals surface area contributed by atoms with E-state index >= 15 is 0 Å². The van der Waals surface area contributed by atoms with Crippen molar-refractivity contribution < 1.29 is 9.53 Å². The molecule has 4 nitrogen and oxygen atoms in total. The molecule has 0 N–H and O–H groups in total. The van der Waals surface area contributed by atoms with Crippen molar-refractivity contribution in [3.8, 4) is 5.75 Å². The van der Waals surface area contributed by atoms with Crippen molar-refractivity contribution in [3.05, 3.63) is 65.2 Å². The molecular formula is C23H28N2O2. The van der Waals surface area contributed by atoms with Gasteiger partial charge in [-0.3, -0.25) is 9.69 Å². The first-order chi connectivity index (χ1) is 13.3. The van der Waals surface area contributed by atoms with Crippen molar-refractivity contribution in [1.82, 2.24) is 9.80 Å². The molecule has 1 amide bonds. The Labute approximate surface area is 161 Å². The van der Waals surface area contributed by atoms with Crippen LogP contribution in [0.2, 0.25) is 0 Å². The summed E-state index contributed by atoms with van der Waals surface area (Å²) in [5.41, 5.74) is 3.51. The zero-order valence-electron chi connectivity index (χ0n) is 15.9. The molecule has 0 saturated carbocycles. The minimum absolute atomic E-state index is 0.166. The number of benzene rings is 2. The number of ether oxygens (including phenoxy) is 1. The van der Waals surface area contributed by atoms with Crippen LogP contribution in [0.5, 0.6) is 5.75 Å². The Hall–Kier alpha value is -2.33. The van der Waals surface area contributed by atoms with Gasteiger partial charge >= 0.3 is 0 Å². The first kappa shape index (κ1) is 18.1. The van der Waals surface area contributed by atoms with Gasteiger partial charge in [0.2, 0.25) is 5.91 Å². The summed E-state index contributed by atoms with van der Waals surface area (Å²) in [5.74, 6) is 1.09. The summed E-state index contributed by atoms with van der Waals surface area (Å²) in [4.78, 5) is 17.3. The third kappa shape index (κ3) is 4.69. The Morgan fingerprint density at radius 3 is 2.56 bits per heavy atom. The molecule has 2 heterocycles. The fourth-order valence-electron chi connectivity index (χ4n) is 4.02. The van der Waals surface area contributed by atoms with Gasteiger partial charge in [-0.1, -0.05) is 42.8 Å². The number of amides is 1. The fraction of sp³-hybridized carbons (Fsp3) is 0.435. The number of fused-ring (bicyclic) bond motifs is 1. The summed E-state index contributed by atoms with van der Waals surface area (Å²) < 4.78 is 5.92. The highest BCUT2D eigenvalue weighted by Crippen LogP contribution is 2.26. The zero-order valence-corrected chi connectivity index (χ0v) is 15.9. The zero-order chi connectivity index (χ0) is 18.5. The Kier molecular flexibility index (Phi) is 5.73. The van der Waals surface area contributed by atoms with Gasteiger partial charge in [0.05, 0.1) is 13.0 Å². The third-order valence-corrected chi connectivity index (χ3v) is 5.51. The number of hydrogen-bond acceptors (Lipinski definition) is 3. The molecule has 0 bridgehead atoms. The van der Waals surface area contributed by atoms with E-state index in [0.717, 1.165) is 23.4 Å². The van der Waals surface area contributed by atoms with E-state index in [1.807, 2.05) is 35.2 Å². The lowest BCUT2D eigenvalue weighted by atomic mass is 10.1. The Morgan fingerprint density at radius 1 is 0.926 bits per heavy atom. The van der Waals surface area contributed by atoms with Crippen LogP contribution in [0.15, 0.2) is 48.5 Å². The van der Waals surface area contributed by atoms with Crippen molar-refractivity contribution in [2.45, 2.75) is 38.8 Å². The quantitative estimate of drug-likeness (QED) is 0.830. The van der Waals surface area contributed by atoms with Gasteiger partial charge in [0.1, 0.15) is 12.4 Å². The Morgan fingerprint density at radius 2 is 1.74 bits per heavy atom. The maximum Gasteiger partial charge on any atom is 0.227 e. The number of rotatable bonds is 4. The van der Waals surface area contributed by atoms with Crippen LogP contribution in [0, 0.1) is 0 Å². The van der Waals surface area contributed by atoms with Gasteiger partial charge < -0.3 is 9.64 Å². The number of carbonyl (C=O) groups is 1. The molecule has 4 heteroatoms. The Balaban J connectivity index is 1.45. The lowest BCUT2D eigenvalue weighted by Crippen LogP contribution is -2.33. The van der Waals surface area contributed by atoms with E-state index in [4.69, 9.17) is 4.74 Å². The van der Waals surface area contributed by atoms with E-state index in [-0.39, 0.29) is 5.91 Å². The SMILES string of the molecule is O=C(Cc1ccccc1)N1CCOc2ccc(CN3CCCCC3)cc2C1. The normalized spacial score (nSPS) is 17.7. The van der Waals surface area contributed by atoms with E-state index in [1.54, 1.807) is 0 Å². The molecule has 0 radical (unpaired) electrons. The Bertz CT molecular complexity index is 769. The molecular weight excluding hydrogens is 336 g/mol. The second kappa shape index (κ2) is 8.57. The molecule has 0 atom stereocenters. The van der Waals surface area contributed by atoms with Gasteiger partial charge in [0.15, 0.2) is 0 Å². The smallest absolute Gasteiger partial charge is 0.227 e. The molecule has 1 saturated heterocycles. The summed E-state index contributed by atoms with van der Waals surface area (Å²) in [6.07, 6.45) is 4.41. The monoisotopic (exact) mass is 364 g/mol. The van der Waals surface area contributed by atoms with E-state index in [1.165, 1.54) is 37.9 Å². The molecule has 0 unspecified atom stereocenters. The lowest BCUT2D eigenvalue weighted by molar-refractivity contribution is -0.131. The van der Waals surface area contributed by atoms with Crippen molar-refractivity contribution in [1.29, 1.82) is 0 Å². The molecule has 1 fully saturated rings. The van der Waals surface area contributed by atoms with Crippen LogP contribution in [0.4, 0.5) is 0 Å². The third-order valence-electron chi connectivity index (χ3n) is 5.51. The largest absolute Gasteiger partial charge is 0.491 e. The molecule has 0 aliphatic carbocycles. The van der Waals surface area contributed by atoms with Crippen LogP contribution in [-0.4, -0.2) is 41.9 Å². The molecule has 0 spiro atoms. The van der Waals surface area contributed by atoms with Crippen molar-refractivity contribution in [3.63, 3.8) is 0 Å². The average Bonchev–Trinajstić information content (AvgIpc) is 2.92. The van der Waals surface area contributed by atoms with Crippen molar-refractivity contribution >= 4 is 5.91 Å². The van der Waals surface area contributed by atoms with Crippen LogP contribution >= 0.6 is 0 Å². The van der Waals surface area contributed by atoms with Crippen LogP contribution < -0.4 is 4.74 Å². The van der Waals surface area contributed by atoms with Gasteiger partial charge in [-0.2, -0.15) is 0 Å². The molecule has 0 aromatic heterocycles. The minimum atomic E-state index is 0.166. The van der Waals surface area contributed by atoms with E-state index in [0.29, 0.717) is 26.1 Å². The number of hydrogen-bond donors (Lipinski definition) is 0. The molecule has 2 aromatic rings. The number of nitrogens with zero attached hydrogens (tertiary/aromatic N) is 2. The van der Waals surface area contributed by atoms with E-state index < -0.39 is 0 Å². The first-order valence-corrected chi connectivity index (χ1v) is 10.1. The summed E-state index contributed by atoms with van der Waals surface area (Å²) >= 11 is 0. The highest BCUT2D eigenvalue weighted by atomic mass is 16.5. The van der Waals surface area contributed by atoms with E-state index in [2.05, 4.69) is 23.1 Å². The minimum Gasteiger partial charge on any atom is -0.491 e. The van der Waals surface area contributed by atoms with Crippen molar-refractivity contribution in [2.24, 2.45) is 0 Å². The lowest BCUT2D eigenvalue weighted by Gasteiger charge is -2.26.